The molecule has 0 bridgehead atoms. The van der Waals surface area contributed by atoms with Crippen LogP contribution in [0.1, 0.15) is 74.1 Å². The predicted molar refractivity (Wildman–Crippen MR) is 155 cm³/mol. The first-order chi connectivity index (χ1) is 17.2. The van der Waals surface area contributed by atoms with Gasteiger partial charge in [-0.3, -0.25) is 5.43 Å². The van der Waals surface area contributed by atoms with Gasteiger partial charge in [0.1, 0.15) is 0 Å². The maximum absolute atomic E-state index is 5.67. The molecule has 2 aromatic rings. The molecule has 5 nitrogen and oxygen atoms in total. The van der Waals surface area contributed by atoms with Gasteiger partial charge < -0.3 is 11.1 Å². The summed E-state index contributed by atoms with van der Waals surface area (Å²) in [5.41, 5.74) is 16.8. The average molecular weight is 520 g/mol. The van der Waals surface area contributed by atoms with Crippen LogP contribution < -0.4 is 16.5 Å². The van der Waals surface area contributed by atoms with Crippen LogP contribution in [-0.2, 0) is 6.42 Å². The van der Waals surface area contributed by atoms with Crippen molar-refractivity contribution in [2.45, 2.75) is 72.6 Å². The molecular weight excluding hydrogens is 482 g/mol. The first kappa shape index (κ1) is 24.1. The van der Waals surface area contributed by atoms with Gasteiger partial charge in [0, 0.05) is 16.8 Å². The molecule has 2 saturated carbocycles. The fraction of sp³-hybridized carbons (Fsp3) is 0.552. The van der Waals surface area contributed by atoms with Crippen molar-refractivity contribution in [3.8, 4) is 0 Å². The number of hydrogen-bond acceptors (Lipinski definition) is 5. The molecule has 36 heavy (non-hydrogen) atoms. The number of nitrogens with zero attached hydrogens (tertiary/aromatic N) is 2. The molecular formula is C29H37N5S2. The van der Waals surface area contributed by atoms with E-state index in [1.165, 1.54) is 59.5 Å². The van der Waals surface area contributed by atoms with Gasteiger partial charge in [-0.1, -0.05) is 49.0 Å². The molecule has 0 unspecified atom stereocenters. The van der Waals surface area contributed by atoms with Crippen molar-refractivity contribution in [3.63, 3.8) is 0 Å². The quantitative estimate of drug-likeness (QED) is 0.305. The summed E-state index contributed by atoms with van der Waals surface area (Å²) in [5, 5.41) is 9.57. The lowest BCUT2D eigenvalue weighted by atomic mass is 9.48. The Morgan fingerprint density at radius 2 is 1.94 bits per heavy atom. The van der Waals surface area contributed by atoms with Gasteiger partial charge in [0.2, 0.25) is 0 Å². The van der Waals surface area contributed by atoms with Crippen LogP contribution in [-0.4, -0.2) is 15.8 Å². The van der Waals surface area contributed by atoms with Crippen LogP contribution in [0.15, 0.2) is 29.4 Å². The molecule has 4 aliphatic rings. The van der Waals surface area contributed by atoms with Gasteiger partial charge in [-0.05, 0) is 111 Å². The van der Waals surface area contributed by atoms with Gasteiger partial charge in [0.25, 0.3) is 0 Å². The molecule has 4 N–H and O–H groups in total. The molecule has 1 heterocycles. The zero-order valence-electron chi connectivity index (χ0n) is 21.8. The summed E-state index contributed by atoms with van der Waals surface area (Å²) in [7, 11) is 0. The molecule has 190 valence electrons. The number of nitrogens with one attached hydrogen (secondary N) is 2. The Kier molecular flexibility index (Phi) is 5.80. The van der Waals surface area contributed by atoms with E-state index in [0.717, 1.165) is 35.5 Å². The van der Waals surface area contributed by atoms with E-state index in [0.29, 0.717) is 5.92 Å². The van der Waals surface area contributed by atoms with E-state index < -0.39 is 0 Å². The Labute approximate surface area is 224 Å². The summed E-state index contributed by atoms with van der Waals surface area (Å²) in [5.74, 6) is 2.13. The van der Waals surface area contributed by atoms with Crippen molar-refractivity contribution in [1.82, 2.24) is 10.4 Å². The molecule has 0 saturated heterocycles. The van der Waals surface area contributed by atoms with Crippen LogP contribution in [0, 0.1) is 42.4 Å². The molecule has 0 spiro atoms. The minimum Gasteiger partial charge on any atom is -0.375 e. The third-order valence-corrected chi connectivity index (χ3v) is 11.1. The number of hydrazone groups is 1. The second kappa shape index (κ2) is 8.66. The van der Waals surface area contributed by atoms with Crippen molar-refractivity contribution in [2.24, 2.45) is 39.4 Å². The molecule has 0 aliphatic heterocycles. The molecule has 5 atom stereocenters. The average Bonchev–Trinajstić information content (AvgIpc) is 3.39. The van der Waals surface area contributed by atoms with E-state index in [-0.39, 0.29) is 15.9 Å². The van der Waals surface area contributed by atoms with E-state index in [1.807, 2.05) is 11.3 Å². The van der Waals surface area contributed by atoms with E-state index >= 15 is 0 Å². The first-order valence-electron chi connectivity index (χ1n) is 13.4. The topological polar surface area (TPSA) is 75.3 Å². The van der Waals surface area contributed by atoms with Crippen molar-refractivity contribution in [3.05, 3.63) is 46.0 Å². The SMILES string of the molecule is Cc1ccc(Nc2nc3c(s2)C2=CC[C@@H]4[C@H](CC[C@]5(C)/C(=N/NC(N)=S)CC[C@@H]45)[C@@]2(C)CC3)c(C)c1. The number of thiazole rings is 1. The lowest BCUT2D eigenvalue weighted by Gasteiger charge is -2.56. The molecule has 1 aromatic carbocycles. The third-order valence-electron chi connectivity index (χ3n) is 9.95. The maximum Gasteiger partial charge on any atom is 0.187 e. The van der Waals surface area contributed by atoms with E-state index in [1.54, 1.807) is 5.57 Å². The van der Waals surface area contributed by atoms with Crippen LogP contribution in [0.3, 0.4) is 0 Å². The van der Waals surface area contributed by atoms with Crippen molar-refractivity contribution < 1.29 is 0 Å². The number of anilines is 2. The molecule has 0 amide bonds. The standard InChI is InChI=1S/C29H37N5S2/c1-16-5-9-22(17(2)15-16)31-27-32-23-12-14-28(3)20-11-13-29(4)19(8-10-24(29)33-34-26(30)35)18(20)6-7-21(28)25(23)36-27/h5,7,9,15,18-20H,6,8,10-14H2,1-4H3,(H,31,32)(H3,30,34,35)/b33-24+/t18-,19-,20-,28+,29-/m0/s1. The first-order valence-corrected chi connectivity index (χ1v) is 14.6. The summed E-state index contributed by atoms with van der Waals surface area (Å²) in [6.07, 6.45) is 10.8. The summed E-state index contributed by atoms with van der Waals surface area (Å²) in [6.45, 7) is 9.30. The normalized spacial score (nSPS) is 33.7. The maximum atomic E-state index is 5.67. The number of nitrogens with two attached hydrogens (primary N) is 1. The Morgan fingerprint density at radius 3 is 2.72 bits per heavy atom. The summed E-state index contributed by atoms with van der Waals surface area (Å²) in [4.78, 5) is 6.50. The van der Waals surface area contributed by atoms with Crippen LogP contribution in [0.2, 0.25) is 0 Å². The number of fused-ring (bicyclic) bond motifs is 7. The molecule has 1 aromatic heterocycles. The van der Waals surface area contributed by atoms with E-state index in [4.69, 9.17) is 22.9 Å². The summed E-state index contributed by atoms with van der Waals surface area (Å²) in [6, 6.07) is 6.57. The lowest BCUT2D eigenvalue weighted by molar-refractivity contribution is 0.0116. The highest BCUT2D eigenvalue weighted by Crippen LogP contribution is 2.65. The van der Waals surface area contributed by atoms with Crippen LogP contribution in [0.5, 0.6) is 0 Å². The fourth-order valence-electron chi connectivity index (χ4n) is 8.09. The van der Waals surface area contributed by atoms with Gasteiger partial charge >= 0.3 is 0 Å². The highest BCUT2D eigenvalue weighted by atomic mass is 32.1. The number of allylic oxidation sites excluding steroid dienone is 2. The number of hydrogen-bond donors (Lipinski definition) is 3. The molecule has 2 fully saturated rings. The number of aromatic nitrogens is 1. The van der Waals surface area contributed by atoms with Gasteiger partial charge in [0.15, 0.2) is 10.2 Å². The Bertz CT molecular complexity index is 1290. The molecule has 4 aliphatic carbocycles. The zero-order chi connectivity index (χ0) is 25.2. The second-order valence-electron chi connectivity index (χ2n) is 11.9. The number of aryl methyl sites for hydroxylation is 3. The van der Waals surface area contributed by atoms with Gasteiger partial charge in [-0.15, -0.1) is 0 Å². The van der Waals surface area contributed by atoms with Crippen molar-refractivity contribution >= 4 is 50.8 Å². The second-order valence-corrected chi connectivity index (χ2v) is 13.4. The monoisotopic (exact) mass is 519 g/mol. The third kappa shape index (κ3) is 3.73. The van der Waals surface area contributed by atoms with Crippen LogP contribution >= 0.6 is 23.6 Å². The summed E-state index contributed by atoms with van der Waals surface area (Å²) >= 11 is 6.86. The minimum atomic E-state index is 0.161. The molecule has 7 heteroatoms. The van der Waals surface area contributed by atoms with Crippen molar-refractivity contribution in [2.75, 3.05) is 5.32 Å². The smallest absolute Gasteiger partial charge is 0.187 e. The largest absolute Gasteiger partial charge is 0.375 e. The summed E-state index contributed by atoms with van der Waals surface area (Å²) < 4.78 is 0. The van der Waals surface area contributed by atoms with Crippen LogP contribution in [0.25, 0.3) is 5.57 Å². The van der Waals surface area contributed by atoms with E-state index in [2.05, 4.69) is 67.8 Å². The zero-order valence-corrected chi connectivity index (χ0v) is 23.4. The van der Waals surface area contributed by atoms with Crippen molar-refractivity contribution in [1.29, 1.82) is 0 Å². The number of benzene rings is 1. The lowest BCUT2D eigenvalue weighted by Crippen LogP contribution is -2.49. The van der Waals surface area contributed by atoms with E-state index in [9.17, 15) is 0 Å². The predicted octanol–water partition coefficient (Wildman–Crippen LogP) is 6.87. The number of rotatable bonds is 3. The van der Waals surface area contributed by atoms with Crippen LogP contribution in [0.4, 0.5) is 10.8 Å². The Balaban J connectivity index is 1.29. The number of thiocarbonyl (C=S) groups is 1. The minimum absolute atomic E-state index is 0.161. The van der Waals surface area contributed by atoms with Gasteiger partial charge in [0.05, 0.1) is 10.6 Å². The molecule has 6 rings (SSSR count). The van der Waals surface area contributed by atoms with Gasteiger partial charge in [-0.2, -0.15) is 5.10 Å². The Morgan fingerprint density at radius 1 is 1.14 bits per heavy atom. The molecule has 0 radical (unpaired) electrons. The van der Waals surface area contributed by atoms with Gasteiger partial charge in [-0.25, -0.2) is 4.98 Å². The Hall–Kier alpha value is -2.25. The fourth-order valence-corrected chi connectivity index (χ4v) is 9.34. The highest BCUT2D eigenvalue weighted by Gasteiger charge is 2.58. The highest BCUT2D eigenvalue weighted by molar-refractivity contribution is 7.80.